The van der Waals surface area contributed by atoms with Crippen LogP contribution in [0.5, 0.6) is 0 Å². The molecule has 0 bridgehead atoms. The Morgan fingerprint density at radius 2 is 1.41 bits per heavy atom. The van der Waals surface area contributed by atoms with Crippen LogP contribution in [0, 0.1) is 0 Å². The number of ether oxygens (including phenoxy) is 2. The molecule has 0 aromatic rings. The van der Waals surface area contributed by atoms with Gasteiger partial charge in [-0.15, -0.1) is 0 Å². The predicted molar refractivity (Wildman–Crippen MR) is 93.1 cm³/mol. The van der Waals surface area contributed by atoms with Gasteiger partial charge in [0.25, 0.3) is 0 Å². The van der Waals surface area contributed by atoms with Gasteiger partial charge < -0.3 is 9.47 Å². The molecular weight excluding hydrogens is 276 g/mol. The van der Waals surface area contributed by atoms with Crippen molar-refractivity contribution in [2.24, 2.45) is 0 Å². The lowest BCUT2D eigenvalue weighted by Crippen LogP contribution is -2.33. The molecule has 0 amide bonds. The number of hydrogen-bond acceptors (Lipinski definition) is 3. The molecule has 0 aliphatic rings. The van der Waals surface area contributed by atoms with Gasteiger partial charge in [0, 0.05) is 6.61 Å². The first-order valence-corrected chi connectivity index (χ1v) is 9.25. The molecule has 0 saturated heterocycles. The summed E-state index contributed by atoms with van der Waals surface area (Å²) in [4.78, 5) is 12.2. The summed E-state index contributed by atoms with van der Waals surface area (Å²) in [6.45, 7) is 10.6. The minimum absolute atomic E-state index is 0.205. The van der Waals surface area contributed by atoms with E-state index in [1.54, 1.807) is 0 Å². The van der Waals surface area contributed by atoms with E-state index in [1.807, 2.05) is 20.8 Å². The van der Waals surface area contributed by atoms with E-state index in [1.165, 1.54) is 44.9 Å². The molecule has 0 aromatic carbocycles. The van der Waals surface area contributed by atoms with E-state index in [0.29, 0.717) is 6.61 Å². The van der Waals surface area contributed by atoms with Crippen molar-refractivity contribution in [3.63, 3.8) is 0 Å². The molecule has 0 heterocycles. The maximum atomic E-state index is 12.2. The minimum atomic E-state index is -0.440. The van der Waals surface area contributed by atoms with Crippen LogP contribution in [0.2, 0.25) is 0 Å². The third-order valence-corrected chi connectivity index (χ3v) is 3.51. The van der Waals surface area contributed by atoms with Crippen molar-refractivity contribution in [1.82, 2.24) is 0 Å². The van der Waals surface area contributed by atoms with E-state index in [0.717, 1.165) is 19.3 Å². The number of carbonyl (C=O) groups is 1. The molecule has 0 spiro atoms. The molecule has 0 saturated carbocycles. The van der Waals surface area contributed by atoms with Gasteiger partial charge in [-0.2, -0.15) is 0 Å². The van der Waals surface area contributed by atoms with Gasteiger partial charge in [-0.1, -0.05) is 65.2 Å². The molecule has 0 fully saturated rings. The van der Waals surface area contributed by atoms with E-state index in [4.69, 9.17) is 9.47 Å². The molecule has 1 unspecified atom stereocenters. The second-order valence-corrected chi connectivity index (χ2v) is 7.16. The number of esters is 1. The van der Waals surface area contributed by atoms with Crippen molar-refractivity contribution in [3.8, 4) is 0 Å². The second-order valence-electron chi connectivity index (χ2n) is 7.16. The van der Waals surface area contributed by atoms with E-state index in [2.05, 4.69) is 13.8 Å². The van der Waals surface area contributed by atoms with Crippen LogP contribution in [0.25, 0.3) is 0 Å². The summed E-state index contributed by atoms with van der Waals surface area (Å²) >= 11 is 0. The summed E-state index contributed by atoms with van der Waals surface area (Å²) in [5.74, 6) is -0.205. The highest BCUT2D eigenvalue weighted by Crippen LogP contribution is 2.16. The quantitative estimate of drug-likeness (QED) is 0.325. The summed E-state index contributed by atoms with van der Waals surface area (Å²) in [6, 6.07) is 0. The molecular formula is C19H38O3. The molecule has 0 rings (SSSR count). The number of hydrogen-bond donors (Lipinski definition) is 0. The lowest BCUT2D eigenvalue weighted by molar-refractivity contribution is -0.169. The first-order chi connectivity index (χ1) is 10.4. The molecule has 0 aliphatic heterocycles. The van der Waals surface area contributed by atoms with Crippen molar-refractivity contribution in [2.45, 2.75) is 111 Å². The monoisotopic (exact) mass is 314 g/mol. The van der Waals surface area contributed by atoms with Crippen LogP contribution in [0.4, 0.5) is 0 Å². The van der Waals surface area contributed by atoms with E-state index >= 15 is 0 Å². The van der Waals surface area contributed by atoms with Crippen LogP contribution in [-0.2, 0) is 14.3 Å². The first kappa shape index (κ1) is 21.4. The van der Waals surface area contributed by atoms with Crippen LogP contribution in [0.3, 0.4) is 0 Å². The third-order valence-electron chi connectivity index (χ3n) is 3.51. The summed E-state index contributed by atoms with van der Waals surface area (Å²) in [5, 5.41) is 0. The zero-order valence-corrected chi connectivity index (χ0v) is 15.6. The summed E-state index contributed by atoms with van der Waals surface area (Å²) < 4.78 is 11.1. The molecule has 132 valence electrons. The zero-order valence-electron chi connectivity index (χ0n) is 15.6. The molecule has 0 aliphatic carbocycles. The molecule has 3 nitrogen and oxygen atoms in total. The average molecular weight is 315 g/mol. The van der Waals surface area contributed by atoms with Gasteiger partial charge in [0.1, 0.15) is 5.60 Å². The lowest BCUT2D eigenvalue weighted by atomic mass is 10.1. The molecule has 22 heavy (non-hydrogen) atoms. The van der Waals surface area contributed by atoms with Gasteiger partial charge >= 0.3 is 5.97 Å². The smallest absolute Gasteiger partial charge is 0.335 e. The fourth-order valence-corrected chi connectivity index (χ4v) is 2.36. The molecule has 0 radical (unpaired) electrons. The third kappa shape index (κ3) is 13.1. The molecule has 3 heteroatoms. The SMILES string of the molecule is CCCCCCCCCCC(OCCC)C(=O)OC(C)(C)C. The summed E-state index contributed by atoms with van der Waals surface area (Å²) in [5.41, 5.74) is -0.440. The maximum Gasteiger partial charge on any atom is 0.335 e. The van der Waals surface area contributed by atoms with Gasteiger partial charge in [-0.25, -0.2) is 4.79 Å². The Bertz CT molecular complexity index is 268. The molecule has 0 aromatic heterocycles. The molecule has 1 atom stereocenters. The van der Waals surface area contributed by atoms with Gasteiger partial charge in [-0.3, -0.25) is 0 Å². The second kappa shape index (κ2) is 12.9. The summed E-state index contributed by atoms with van der Waals surface area (Å²) in [6.07, 6.45) is 11.5. The van der Waals surface area contributed by atoms with Crippen LogP contribution < -0.4 is 0 Å². The highest BCUT2D eigenvalue weighted by molar-refractivity contribution is 5.75. The average Bonchev–Trinajstić information content (AvgIpc) is 2.43. The van der Waals surface area contributed by atoms with E-state index in [9.17, 15) is 4.79 Å². The van der Waals surface area contributed by atoms with Crippen molar-refractivity contribution >= 4 is 5.97 Å². The van der Waals surface area contributed by atoms with E-state index in [-0.39, 0.29) is 12.1 Å². The Labute approximate surface area is 138 Å². The Balaban J connectivity index is 3.92. The Kier molecular flexibility index (Phi) is 12.6. The number of carbonyl (C=O) groups excluding carboxylic acids is 1. The van der Waals surface area contributed by atoms with Crippen molar-refractivity contribution < 1.29 is 14.3 Å². The lowest BCUT2D eigenvalue weighted by Gasteiger charge is -2.24. The fraction of sp³-hybridized carbons (Fsp3) is 0.947. The number of rotatable bonds is 13. The summed E-state index contributed by atoms with van der Waals surface area (Å²) in [7, 11) is 0. The molecule has 0 N–H and O–H groups in total. The Morgan fingerprint density at radius 1 is 0.864 bits per heavy atom. The fourth-order valence-electron chi connectivity index (χ4n) is 2.36. The van der Waals surface area contributed by atoms with E-state index < -0.39 is 5.60 Å². The van der Waals surface area contributed by atoms with Gasteiger partial charge in [0.15, 0.2) is 6.10 Å². The van der Waals surface area contributed by atoms with Gasteiger partial charge in [0.2, 0.25) is 0 Å². The number of unbranched alkanes of at least 4 members (excludes halogenated alkanes) is 7. The first-order valence-electron chi connectivity index (χ1n) is 9.25. The predicted octanol–water partition coefficient (Wildman–Crippen LogP) is 5.65. The van der Waals surface area contributed by atoms with Gasteiger partial charge in [0.05, 0.1) is 0 Å². The Hall–Kier alpha value is -0.570. The zero-order chi connectivity index (χ0) is 16.8. The van der Waals surface area contributed by atoms with Crippen LogP contribution in [0.1, 0.15) is 98.8 Å². The topological polar surface area (TPSA) is 35.5 Å². The standard InChI is InChI=1S/C19H38O3/c1-6-8-9-10-11-12-13-14-15-17(21-16-7-2)18(20)22-19(3,4)5/h17H,6-16H2,1-5H3. The minimum Gasteiger partial charge on any atom is -0.458 e. The van der Waals surface area contributed by atoms with Crippen molar-refractivity contribution in [1.29, 1.82) is 0 Å². The highest BCUT2D eigenvalue weighted by Gasteiger charge is 2.25. The maximum absolute atomic E-state index is 12.2. The van der Waals surface area contributed by atoms with Crippen LogP contribution >= 0.6 is 0 Å². The van der Waals surface area contributed by atoms with Crippen molar-refractivity contribution in [2.75, 3.05) is 6.61 Å². The van der Waals surface area contributed by atoms with Crippen molar-refractivity contribution in [3.05, 3.63) is 0 Å². The largest absolute Gasteiger partial charge is 0.458 e. The van der Waals surface area contributed by atoms with Gasteiger partial charge in [-0.05, 0) is 33.6 Å². The highest BCUT2D eigenvalue weighted by atomic mass is 16.6. The Morgan fingerprint density at radius 3 is 1.91 bits per heavy atom. The van der Waals surface area contributed by atoms with Crippen LogP contribution in [0.15, 0.2) is 0 Å². The van der Waals surface area contributed by atoms with Crippen LogP contribution in [-0.4, -0.2) is 24.3 Å². The normalized spacial score (nSPS) is 13.1.